The number of nitrogens with zero attached hydrogens (tertiary/aromatic N) is 4. The number of thiazole rings is 1. The highest BCUT2D eigenvalue weighted by atomic mass is 32.2. The second-order valence-corrected chi connectivity index (χ2v) is 13.0. The molecule has 0 spiro atoms. The summed E-state index contributed by atoms with van der Waals surface area (Å²) in [5, 5.41) is 11.8. The van der Waals surface area contributed by atoms with Crippen molar-refractivity contribution in [1.82, 2.24) is 9.29 Å². The van der Waals surface area contributed by atoms with Gasteiger partial charge in [-0.15, -0.1) is 22.7 Å². The Morgan fingerprint density at radius 2 is 1.75 bits per heavy atom. The largest absolute Gasteiger partial charge is 0.493 e. The highest BCUT2D eigenvalue weighted by Crippen LogP contribution is 2.42. The monoisotopic (exact) mass is 596 g/mol. The predicted octanol–water partition coefficient (Wildman–Crippen LogP) is 5.27. The number of anilines is 1. The van der Waals surface area contributed by atoms with Gasteiger partial charge in [0.15, 0.2) is 11.5 Å². The molecule has 0 bridgehead atoms. The fraction of sp³-hybridized carbons (Fsp3) is 0.286. The molecule has 2 aromatic carbocycles. The number of thiophene rings is 1. The van der Waals surface area contributed by atoms with Gasteiger partial charge in [0.25, 0.3) is 0 Å². The molecule has 0 saturated carbocycles. The van der Waals surface area contributed by atoms with Crippen molar-refractivity contribution in [3.63, 3.8) is 0 Å². The lowest BCUT2D eigenvalue weighted by Crippen LogP contribution is -2.40. The molecule has 0 amide bonds. The minimum absolute atomic E-state index is 0.0723. The van der Waals surface area contributed by atoms with Crippen molar-refractivity contribution in [3.8, 4) is 22.8 Å². The first-order valence-electron chi connectivity index (χ1n) is 12.7. The van der Waals surface area contributed by atoms with Gasteiger partial charge in [-0.3, -0.25) is 0 Å². The molecule has 40 heavy (non-hydrogen) atoms. The van der Waals surface area contributed by atoms with Crippen LogP contribution in [0.25, 0.3) is 11.3 Å². The number of aromatic nitrogens is 1. The van der Waals surface area contributed by atoms with Crippen LogP contribution < -0.4 is 14.5 Å². The predicted molar refractivity (Wildman–Crippen MR) is 157 cm³/mol. The lowest BCUT2D eigenvalue weighted by molar-refractivity contribution is 0.0730. The number of benzene rings is 2. The van der Waals surface area contributed by atoms with E-state index in [4.69, 9.17) is 24.3 Å². The Balaban J connectivity index is 1.29. The van der Waals surface area contributed by atoms with Gasteiger partial charge in [0.2, 0.25) is 15.2 Å². The molecule has 1 fully saturated rings. The zero-order valence-corrected chi connectivity index (χ0v) is 24.5. The minimum Gasteiger partial charge on any atom is -0.493 e. The molecule has 9 nitrogen and oxygen atoms in total. The lowest BCUT2D eigenvalue weighted by Gasteiger charge is -2.26. The number of hydrogen-bond donors (Lipinski definition) is 0. The average molecular weight is 597 g/mol. The fourth-order valence-electron chi connectivity index (χ4n) is 4.83. The van der Waals surface area contributed by atoms with Crippen molar-refractivity contribution in [2.75, 3.05) is 45.5 Å². The third kappa shape index (κ3) is 5.13. The molecule has 1 atom stereocenters. The molecule has 4 aromatic rings. The van der Waals surface area contributed by atoms with Crippen LogP contribution in [0.4, 0.5) is 5.13 Å². The summed E-state index contributed by atoms with van der Waals surface area (Å²) in [7, 11) is -0.299. The number of morpholine rings is 1. The number of hydrazone groups is 1. The van der Waals surface area contributed by atoms with Gasteiger partial charge in [-0.2, -0.15) is 9.41 Å². The quantitative estimate of drug-likeness (QED) is 0.274. The average Bonchev–Trinajstić information content (AvgIpc) is 3.78. The molecule has 0 N–H and O–H groups in total. The molecule has 0 unspecified atom stereocenters. The Morgan fingerprint density at radius 1 is 0.975 bits per heavy atom. The van der Waals surface area contributed by atoms with Gasteiger partial charge in [-0.05, 0) is 41.3 Å². The van der Waals surface area contributed by atoms with Crippen LogP contribution in [-0.2, 0) is 14.8 Å². The molecular weight excluding hydrogens is 569 g/mol. The molecule has 2 aliphatic heterocycles. The summed E-state index contributed by atoms with van der Waals surface area (Å²) in [6.07, 6.45) is 0.721. The molecule has 2 aromatic heterocycles. The minimum atomic E-state index is -3.55. The van der Waals surface area contributed by atoms with Crippen molar-refractivity contribution in [2.24, 2.45) is 5.10 Å². The third-order valence-electron chi connectivity index (χ3n) is 6.95. The van der Waals surface area contributed by atoms with E-state index in [0.29, 0.717) is 37.8 Å². The van der Waals surface area contributed by atoms with Crippen molar-refractivity contribution in [3.05, 3.63) is 75.8 Å². The summed E-state index contributed by atoms with van der Waals surface area (Å²) in [6.45, 7) is 1.56. The van der Waals surface area contributed by atoms with Gasteiger partial charge in [-0.25, -0.2) is 18.4 Å². The van der Waals surface area contributed by atoms with Crippen LogP contribution in [0.15, 0.2) is 75.4 Å². The first-order valence-corrected chi connectivity index (χ1v) is 15.9. The Morgan fingerprint density at radius 3 is 2.45 bits per heavy atom. The van der Waals surface area contributed by atoms with Crippen LogP contribution >= 0.6 is 22.7 Å². The molecule has 4 heterocycles. The summed E-state index contributed by atoms with van der Waals surface area (Å²) in [4.78, 5) is 6.32. The molecule has 208 valence electrons. The van der Waals surface area contributed by atoms with Crippen molar-refractivity contribution in [2.45, 2.75) is 17.4 Å². The molecule has 0 aliphatic carbocycles. The Kier molecular flexibility index (Phi) is 7.60. The van der Waals surface area contributed by atoms with E-state index < -0.39 is 10.0 Å². The van der Waals surface area contributed by atoms with E-state index in [0.717, 1.165) is 39.0 Å². The lowest BCUT2D eigenvalue weighted by atomic mass is 10.0. The second-order valence-electron chi connectivity index (χ2n) is 9.26. The number of rotatable bonds is 8. The summed E-state index contributed by atoms with van der Waals surface area (Å²) >= 11 is 3.17. The van der Waals surface area contributed by atoms with Crippen LogP contribution in [0.5, 0.6) is 11.5 Å². The summed E-state index contributed by atoms with van der Waals surface area (Å²) < 4.78 is 43.8. The molecular formula is C28H28N4O5S3. The molecule has 6 rings (SSSR count). The first-order chi connectivity index (χ1) is 19.5. The van der Waals surface area contributed by atoms with E-state index in [1.165, 1.54) is 15.6 Å². The molecule has 12 heteroatoms. The van der Waals surface area contributed by atoms with Crippen LogP contribution in [0, 0.1) is 0 Å². The van der Waals surface area contributed by atoms with Gasteiger partial charge >= 0.3 is 0 Å². The van der Waals surface area contributed by atoms with Crippen molar-refractivity contribution >= 4 is 43.5 Å². The first kappa shape index (κ1) is 26.9. The summed E-state index contributed by atoms with van der Waals surface area (Å²) in [5.74, 6) is 1.34. The molecule has 0 radical (unpaired) electrons. The number of ether oxygens (including phenoxy) is 3. The van der Waals surface area contributed by atoms with E-state index in [9.17, 15) is 8.42 Å². The molecule has 2 aliphatic rings. The van der Waals surface area contributed by atoms with Gasteiger partial charge in [-0.1, -0.05) is 24.3 Å². The smallest absolute Gasteiger partial charge is 0.243 e. The Labute approximate surface area is 241 Å². The van der Waals surface area contributed by atoms with E-state index in [2.05, 4.69) is 11.4 Å². The topological polar surface area (TPSA) is 93.6 Å². The number of methoxy groups -OCH3 is 2. The van der Waals surface area contributed by atoms with E-state index in [-0.39, 0.29) is 10.9 Å². The summed E-state index contributed by atoms with van der Waals surface area (Å²) in [5.41, 5.74) is 3.65. The maximum absolute atomic E-state index is 13.0. The van der Waals surface area contributed by atoms with Gasteiger partial charge in [0.1, 0.15) is 0 Å². The van der Waals surface area contributed by atoms with E-state index in [1.54, 1.807) is 37.7 Å². The van der Waals surface area contributed by atoms with Crippen LogP contribution in [0.3, 0.4) is 0 Å². The maximum Gasteiger partial charge on any atom is 0.243 e. The number of sulfonamides is 1. The fourth-order valence-corrected chi connectivity index (χ4v) is 7.80. The SMILES string of the molecule is COc1ccc([C@@H]2CC(c3cccs3)=NN2c2nc(-c3ccc(S(=O)(=O)N4CCOCC4)cc3)cs2)cc1OC. The van der Waals surface area contributed by atoms with Crippen LogP contribution in [-0.4, -0.2) is 63.9 Å². The highest BCUT2D eigenvalue weighted by Gasteiger charge is 2.33. The Hall–Kier alpha value is -3.29. The third-order valence-corrected chi connectivity index (χ3v) is 10.6. The Bertz CT molecular complexity index is 1610. The normalized spacial score (nSPS) is 18.1. The van der Waals surface area contributed by atoms with E-state index in [1.807, 2.05) is 46.8 Å². The molecule has 1 saturated heterocycles. The standard InChI is InChI=1S/C28H28N4O5S3/c1-35-25-10-7-20(16-26(25)36-2)24-17-22(27-4-3-15-38-27)30-32(24)28-29-23(18-39-28)19-5-8-21(9-6-19)40(33,34)31-11-13-37-14-12-31/h3-10,15-16,18,24H,11-14,17H2,1-2H3/t24-/m0/s1. The van der Waals surface area contributed by atoms with Gasteiger partial charge in [0.05, 0.1) is 54.7 Å². The van der Waals surface area contributed by atoms with Gasteiger partial charge < -0.3 is 14.2 Å². The van der Waals surface area contributed by atoms with E-state index >= 15 is 0 Å². The van der Waals surface area contributed by atoms with Gasteiger partial charge in [0, 0.05) is 30.5 Å². The van der Waals surface area contributed by atoms with Crippen LogP contribution in [0.2, 0.25) is 0 Å². The van der Waals surface area contributed by atoms with Crippen molar-refractivity contribution < 1.29 is 22.6 Å². The van der Waals surface area contributed by atoms with Crippen molar-refractivity contribution in [1.29, 1.82) is 0 Å². The van der Waals surface area contributed by atoms with Crippen LogP contribution in [0.1, 0.15) is 22.9 Å². The second kappa shape index (κ2) is 11.3. The number of hydrogen-bond acceptors (Lipinski definition) is 10. The maximum atomic E-state index is 13.0. The zero-order valence-electron chi connectivity index (χ0n) is 22.0. The zero-order chi connectivity index (χ0) is 27.7. The highest BCUT2D eigenvalue weighted by molar-refractivity contribution is 7.89. The summed E-state index contributed by atoms with van der Waals surface area (Å²) in [6, 6.07) is 16.9.